The zero-order valence-electron chi connectivity index (χ0n) is 23.8. The number of amides is 2. The van der Waals surface area contributed by atoms with Crippen LogP contribution in [0.3, 0.4) is 0 Å². The Kier molecular flexibility index (Phi) is 12.1. The number of anilines is 1. The van der Waals surface area contributed by atoms with Crippen LogP contribution in [0.25, 0.3) is 0 Å². The molecular weight excluding hydrogens is 657 g/mol. The first-order valence-corrected chi connectivity index (χ1v) is 13.0. The van der Waals surface area contributed by atoms with Crippen LogP contribution in [0.5, 0.6) is 11.5 Å². The molecule has 0 bridgehead atoms. The molecule has 0 spiro atoms. The van der Waals surface area contributed by atoms with Crippen LogP contribution >= 0.6 is 0 Å². The van der Waals surface area contributed by atoms with Crippen molar-refractivity contribution < 1.29 is 77.2 Å². The number of rotatable bonds is 16. The maximum absolute atomic E-state index is 14.7. The Labute approximate surface area is 254 Å². The maximum atomic E-state index is 14.7. The fourth-order valence-corrected chi connectivity index (χ4v) is 3.77. The van der Waals surface area contributed by atoms with Gasteiger partial charge in [0.2, 0.25) is 0 Å². The Morgan fingerprint density at radius 1 is 0.870 bits per heavy atom. The number of ether oxygens (including phenoxy) is 3. The number of carboxylic acids is 1. The molecule has 0 aliphatic rings. The third-order valence-electron chi connectivity index (χ3n) is 6.25. The summed E-state index contributed by atoms with van der Waals surface area (Å²) in [7, 11) is 1.12. The van der Waals surface area contributed by atoms with Gasteiger partial charge in [-0.3, -0.25) is 0 Å². The van der Waals surface area contributed by atoms with Crippen molar-refractivity contribution in [1.29, 1.82) is 0 Å². The molecule has 2 amide bonds. The molecule has 0 aromatic heterocycles. The van der Waals surface area contributed by atoms with Gasteiger partial charge in [0, 0.05) is 13.0 Å². The number of benzene rings is 2. The molecule has 0 aliphatic carbocycles. The topological polar surface area (TPSA) is 97.3 Å². The van der Waals surface area contributed by atoms with Crippen LogP contribution in [-0.2, 0) is 16.0 Å². The summed E-state index contributed by atoms with van der Waals surface area (Å²) in [6.45, 7) is -3.01. The van der Waals surface area contributed by atoms with Crippen molar-refractivity contribution in [2.45, 2.75) is 49.3 Å². The number of para-hydroxylation sites is 2. The molecule has 258 valence electrons. The third kappa shape index (κ3) is 8.41. The molecular formula is C27H27F11N2O6. The van der Waals surface area contributed by atoms with E-state index in [4.69, 9.17) is 14.2 Å². The molecule has 1 unspecified atom stereocenters. The van der Waals surface area contributed by atoms with Crippen molar-refractivity contribution >= 4 is 17.7 Å². The van der Waals surface area contributed by atoms with E-state index in [1.807, 2.05) is 5.32 Å². The highest BCUT2D eigenvalue weighted by molar-refractivity contribution is 5.91. The number of halogens is 11. The molecule has 0 radical (unpaired) electrons. The van der Waals surface area contributed by atoms with Crippen LogP contribution in [0.4, 0.5) is 58.8 Å². The van der Waals surface area contributed by atoms with Crippen LogP contribution in [-0.4, -0.2) is 91.4 Å². The SMILES string of the molecule is CCOC(Cc1ccc(OCCN(CC(F)(F)C(F)(F)C(F)(F)C(F)(F)C(F)(F)F)C(=O)Nc2ccccc2OC)cc1)C(=O)O. The van der Waals surface area contributed by atoms with Gasteiger partial charge in [-0.05, 0) is 36.8 Å². The van der Waals surface area contributed by atoms with Gasteiger partial charge in [0.15, 0.2) is 6.10 Å². The monoisotopic (exact) mass is 684 g/mol. The number of alkyl halides is 11. The Hall–Kier alpha value is -4.03. The van der Waals surface area contributed by atoms with Gasteiger partial charge in [-0.15, -0.1) is 0 Å². The lowest BCUT2D eigenvalue weighted by Crippen LogP contribution is -2.68. The van der Waals surface area contributed by atoms with E-state index in [0.29, 0.717) is 5.56 Å². The highest BCUT2D eigenvalue weighted by atomic mass is 19.4. The average Bonchev–Trinajstić information content (AvgIpc) is 2.96. The van der Waals surface area contributed by atoms with Crippen molar-refractivity contribution in [3.05, 3.63) is 54.1 Å². The predicted molar refractivity (Wildman–Crippen MR) is 138 cm³/mol. The average molecular weight is 684 g/mol. The van der Waals surface area contributed by atoms with Gasteiger partial charge in [-0.1, -0.05) is 24.3 Å². The zero-order valence-corrected chi connectivity index (χ0v) is 23.8. The summed E-state index contributed by atoms with van der Waals surface area (Å²) in [6.07, 6.45) is -8.59. The second-order valence-electron chi connectivity index (χ2n) is 9.46. The normalized spacial score (nSPS) is 13.6. The lowest BCUT2D eigenvalue weighted by molar-refractivity contribution is -0.422. The highest BCUT2D eigenvalue weighted by Gasteiger charge is 2.87. The van der Waals surface area contributed by atoms with Gasteiger partial charge in [0.25, 0.3) is 0 Å². The van der Waals surface area contributed by atoms with E-state index in [-0.39, 0.29) is 35.1 Å². The summed E-state index contributed by atoms with van der Waals surface area (Å²) < 4.78 is 165. The molecule has 2 aromatic rings. The number of urea groups is 1. The van der Waals surface area contributed by atoms with E-state index in [1.165, 1.54) is 42.5 Å². The first kappa shape index (κ1) is 38.2. The summed E-state index contributed by atoms with van der Waals surface area (Å²) in [5.41, 5.74) is 0.205. The molecule has 0 saturated carbocycles. The number of carbonyl (C=O) groups excluding carboxylic acids is 1. The Morgan fingerprint density at radius 3 is 1.98 bits per heavy atom. The van der Waals surface area contributed by atoms with Crippen molar-refractivity contribution in [3.63, 3.8) is 0 Å². The van der Waals surface area contributed by atoms with Crippen LogP contribution < -0.4 is 14.8 Å². The van der Waals surface area contributed by atoms with Gasteiger partial charge in [-0.25, -0.2) is 9.59 Å². The third-order valence-corrected chi connectivity index (χ3v) is 6.25. The van der Waals surface area contributed by atoms with Gasteiger partial charge in [0.1, 0.15) is 18.1 Å². The quantitative estimate of drug-likeness (QED) is 0.190. The fraction of sp³-hybridized carbons (Fsp3) is 0.481. The number of hydrogen-bond acceptors (Lipinski definition) is 5. The minimum atomic E-state index is -7.65. The van der Waals surface area contributed by atoms with E-state index in [1.54, 1.807) is 6.92 Å². The maximum Gasteiger partial charge on any atom is 0.460 e. The van der Waals surface area contributed by atoms with E-state index in [2.05, 4.69) is 0 Å². The molecule has 1 atom stereocenters. The molecule has 0 saturated heterocycles. The Bertz CT molecular complexity index is 1320. The van der Waals surface area contributed by atoms with E-state index < -0.39 is 67.7 Å². The van der Waals surface area contributed by atoms with E-state index >= 15 is 0 Å². The minimum Gasteiger partial charge on any atom is -0.495 e. The number of hydrogen-bond donors (Lipinski definition) is 2. The molecule has 2 rings (SSSR count). The number of nitrogens with zero attached hydrogens (tertiary/aromatic N) is 1. The first-order valence-electron chi connectivity index (χ1n) is 13.0. The number of methoxy groups -OCH3 is 1. The van der Waals surface area contributed by atoms with Crippen LogP contribution in [0.15, 0.2) is 48.5 Å². The molecule has 0 fully saturated rings. The molecule has 8 nitrogen and oxygen atoms in total. The molecule has 2 N–H and O–H groups in total. The van der Waals surface area contributed by atoms with Gasteiger partial charge in [0.05, 0.1) is 25.9 Å². The minimum absolute atomic E-state index is 0.0365. The van der Waals surface area contributed by atoms with Crippen LogP contribution in [0, 0.1) is 0 Å². The standard InChI is InChI=1S/C27H27F11N2O6/c1-3-45-20(21(41)42)14-16-8-10-17(11-9-16)46-13-12-40(22(43)39-18-6-4-5-7-19(18)44-2)15-23(28,29)24(30,31)25(32,33)26(34,35)27(36,37)38/h4-11,20H,3,12-15H2,1-2H3,(H,39,43)(H,41,42). The Morgan fingerprint density at radius 2 is 1.46 bits per heavy atom. The lowest BCUT2D eigenvalue weighted by atomic mass is 9.97. The largest absolute Gasteiger partial charge is 0.495 e. The van der Waals surface area contributed by atoms with Crippen molar-refractivity contribution in [2.75, 3.05) is 38.7 Å². The fourth-order valence-electron chi connectivity index (χ4n) is 3.77. The van der Waals surface area contributed by atoms with Crippen molar-refractivity contribution in [1.82, 2.24) is 4.90 Å². The summed E-state index contributed by atoms with van der Waals surface area (Å²) in [5, 5.41) is 11.2. The van der Waals surface area contributed by atoms with Gasteiger partial charge in [-0.2, -0.15) is 48.3 Å². The summed E-state index contributed by atoms with van der Waals surface area (Å²) in [4.78, 5) is 23.8. The van der Waals surface area contributed by atoms with Crippen LogP contribution in [0.1, 0.15) is 12.5 Å². The summed E-state index contributed by atoms with van der Waals surface area (Å²) >= 11 is 0. The number of nitrogens with one attached hydrogen (secondary N) is 1. The molecule has 46 heavy (non-hydrogen) atoms. The second-order valence-corrected chi connectivity index (χ2v) is 9.46. The smallest absolute Gasteiger partial charge is 0.460 e. The molecule has 0 aliphatic heterocycles. The Balaban J connectivity index is 2.31. The summed E-state index contributed by atoms with van der Waals surface area (Å²) in [5.74, 6) is -30.3. The molecule has 0 heterocycles. The lowest BCUT2D eigenvalue weighted by Gasteiger charge is -2.38. The summed E-state index contributed by atoms with van der Waals surface area (Å²) in [6, 6.07) is 8.74. The highest BCUT2D eigenvalue weighted by Crippen LogP contribution is 2.57. The predicted octanol–water partition coefficient (Wildman–Crippen LogP) is 6.74. The molecule has 19 heteroatoms. The van der Waals surface area contributed by atoms with E-state index in [0.717, 1.165) is 13.2 Å². The van der Waals surface area contributed by atoms with Gasteiger partial charge < -0.3 is 29.5 Å². The van der Waals surface area contributed by atoms with E-state index in [9.17, 15) is 63.0 Å². The second kappa shape index (κ2) is 14.6. The van der Waals surface area contributed by atoms with Gasteiger partial charge >= 0.3 is 41.9 Å². The number of aliphatic carboxylic acids is 1. The number of carbonyl (C=O) groups is 2. The zero-order chi connectivity index (χ0) is 35.1. The van der Waals surface area contributed by atoms with Crippen LogP contribution in [0.2, 0.25) is 0 Å². The van der Waals surface area contributed by atoms with Crippen molar-refractivity contribution in [3.8, 4) is 11.5 Å². The van der Waals surface area contributed by atoms with Crippen molar-refractivity contribution in [2.24, 2.45) is 0 Å². The molecule has 2 aromatic carbocycles. The first-order chi connectivity index (χ1) is 21.1. The number of carboxylic acid groups (broad SMARTS) is 1.